The van der Waals surface area contributed by atoms with Gasteiger partial charge in [0, 0.05) is 54.6 Å². The zero-order chi connectivity index (χ0) is 24.7. The number of aryl methyl sites for hydroxylation is 1. The van der Waals surface area contributed by atoms with Gasteiger partial charge in [-0.2, -0.15) is 0 Å². The fraction of sp³-hybridized carbons (Fsp3) is 0.444. The number of ether oxygens (including phenoxy) is 2. The summed E-state index contributed by atoms with van der Waals surface area (Å²) in [5, 5.41) is 10.4. The number of aromatic carboxylic acids is 1. The normalized spacial score (nSPS) is 22.7. The predicted molar refractivity (Wildman–Crippen MR) is 128 cm³/mol. The van der Waals surface area contributed by atoms with Gasteiger partial charge in [0.1, 0.15) is 5.75 Å². The molecule has 0 spiro atoms. The Kier molecular flexibility index (Phi) is 6.27. The number of carboxylic acids is 1. The van der Waals surface area contributed by atoms with Crippen molar-refractivity contribution >= 4 is 16.9 Å². The third kappa shape index (κ3) is 4.77. The lowest BCUT2D eigenvalue weighted by atomic mass is 9.88. The Bertz CT molecular complexity index is 1220. The van der Waals surface area contributed by atoms with Crippen molar-refractivity contribution in [2.24, 2.45) is 0 Å². The summed E-state index contributed by atoms with van der Waals surface area (Å²) in [5.74, 6) is -2.76. The van der Waals surface area contributed by atoms with Gasteiger partial charge in [-0.05, 0) is 55.2 Å². The summed E-state index contributed by atoms with van der Waals surface area (Å²) in [6.07, 6.45) is 2.39. The topological polar surface area (TPSA) is 74.8 Å². The molecule has 2 aliphatic rings. The molecule has 186 valence electrons. The first-order chi connectivity index (χ1) is 16.7. The molecule has 2 fully saturated rings. The number of rotatable bonds is 7. The van der Waals surface area contributed by atoms with Crippen LogP contribution in [0.15, 0.2) is 42.6 Å². The molecule has 1 aliphatic carbocycles. The molecule has 0 radical (unpaired) electrons. The van der Waals surface area contributed by atoms with Crippen LogP contribution in [0.3, 0.4) is 0 Å². The van der Waals surface area contributed by atoms with Gasteiger partial charge in [0.05, 0.1) is 24.9 Å². The van der Waals surface area contributed by atoms with Gasteiger partial charge in [0.25, 0.3) is 5.92 Å². The van der Waals surface area contributed by atoms with E-state index >= 15 is 0 Å². The summed E-state index contributed by atoms with van der Waals surface area (Å²) < 4.78 is 38.5. The molecule has 6 nitrogen and oxygen atoms in total. The highest BCUT2D eigenvalue weighted by Crippen LogP contribution is 2.43. The second kappa shape index (κ2) is 9.24. The van der Waals surface area contributed by atoms with E-state index < -0.39 is 18.0 Å². The second-order valence-corrected chi connectivity index (χ2v) is 9.72. The molecular weight excluding hydrogens is 454 g/mol. The van der Waals surface area contributed by atoms with Crippen molar-refractivity contribution in [1.29, 1.82) is 0 Å². The average molecular weight is 485 g/mol. The van der Waals surface area contributed by atoms with E-state index in [0.717, 1.165) is 46.3 Å². The van der Waals surface area contributed by atoms with E-state index in [4.69, 9.17) is 9.47 Å². The first-order valence-corrected chi connectivity index (χ1v) is 12.0. The number of fused-ring (bicyclic) bond motifs is 1. The Labute approximate surface area is 202 Å². The van der Waals surface area contributed by atoms with Crippen LogP contribution in [0.5, 0.6) is 5.75 Å². The zero-order valence-corrected chi connectivity index (χ0v) is 19.9. The Balaban J connectivity index is 1.43. The molecule has 35 heavy (non-hydrogen) atoms. The van der Waals surface area contributed by atoms with Crippen molar-refractivity contribution in [3.05, 3.63) is 64.8 Å². The number of hydrogen-bond donors (Lipinski definition) is 2. The van der Waals surface area contributed by atoms with Crippen molar-refractivity contribution in [2.45, 2.75) is 63.3 Å². The third-order valence-electron chi connectivity index (χ3n) is 7.34. The molecular formula is C27H30F2N2O4. The molecule has 2 unspecified atom stereocenters. The minimum absolute atomic E-state index is 0.0443. The maximum absolute atomic E-state index is 13.3. The number of aromatic nitrogens is 1. The van der Waals surface area contributed by atoms with Crippen molar-refractivity contribution in [3.63, 3.8) is 0 Å². The maximum Gasteiger partial charge on any atom is 0.335 e. The number of nitrogens with one attached hydrogen (secondary N) is 1. The van der Waals surface area contributed by atoms with E-state index in [2.05, 4.69) is 16.0 Å². The molecule has 2 N–H and O–H groups in total. The summed E-state index contributed by atoms with van der Waals surface area (Å²) >= 11 is 0. The number of likely N-dealkylation sites (tertiary alicyclic amines) is 1. The lowest BCUT2D eigenvalue weighted by molar-refractivity contribution is -0.190. The van der Waals surface area contributed by atoms with Crippen LogP contribution < -0.4 is 4.74 Å². The van der Waals surface area contributed by atoms with E-state index in [0.29, 0.717) is 13.0 Å². The summed E-state index contributed by atoms with van der Waals surface area (Å²) in [7, 11) is 1.67. The molecule has 2 aromatic carbocycles. The fourth-order valence-electron chi connectivity index (χ4n) is 5.45. The minimum atomic E-state index is -2.61. The fourth-order valence-corrected chi connectivity index (χ4v) is 5.45. The van der Waals surface area contributed by atoms with Crippen molar-refractivity contribution in [1.82, 2.24) is 9.88 Å². The second-order valence-electron chi connectivity index (χ2n) is 9.72. The summed E-state index contributed by atoms with van der Waals surface area (Å²) in [4.78, 5) is 17.0. The highest BCUT2D eigenvalue weighted by atomic mass is 19.3. The molecule has 1 saturated heterocycles. The smallest absolute Gasteiger partial charge is 0.335 e. The predicted octanol–water partition coefficient (Wildman–Crippen LogP) is 5.70. The Hall–Kier alpha value is -2.97. The van der Waals surface area contributed by atoms with Crippen LogP contribution in [0, 0.1) is 6.92 Å². The van der Waals surface area contributed by atoms with Crippen molar-refractivity contribution in [3.8, 4) is 5.75 Å². The van der Waals surface area contributed by atoms with Gasteiger partial charge < -0.3 is 19.6 Å². The molecule has 1 aromatic heterocycles. The number of hydrogen-bond acceptors (Lipinski definition) is 4. The zero-order valence-electron chi connectivity index (χ0n) is 19.9. The van der Waals surface area contributed by atoms with Crippen LogP contribution in [-0.4, -0.2) is 52.7 Å². The molecule has 1 saturated carbocycles. The Morgan fingerprint density at radius 3 is 2.60 bits per heavy atom. The number of piperidine rings is 1. The maximum atomic E-state index is 13.3. The van der Waals surface area contributed by atoms with Gasteiger partial charge in [-0.15, -0.1) is 0 Å². The van der Waals surface area contributed by atoms with Gasteiger partial charge in [-0.3, -0.25) is 4.90 Å². The van der Waals surface area contributed by atoms with Crippen LogP contribution in [0.4, 0.5) is 8.78 Å². The van der Waals surface area contributed by atoms with Gasteiger partial charge in [-0.1, -0.05) is 12.1 Å². The highest BCUT2D eigenvalue weighted by Gasteiger charge is 2.47. The lowest BCUT2D eigenvalue weighted by Gasteiger charge is -2.43. The Morgan fingerprint density at radius 1 is 1.20 bits per heavy atom. The van der Waals surface area contributed by atoms with Gasteiger partial charge >= 0.3 is 5.97 Å². The van der Waals surface area contributed by atoms with E-state index in [9.17, 15) is 18.7 Å². The van der Waals surface area contributed by atoms with Crippen LogP contribution in [-0.2, 0) is 11.3 Å². The summed E-state index contributed by atoms with van der Waals surface area (Å²) in [5.41, 5.74) is 4.48. The standard InChI is InChI=1S/C27H30F2N2O4/c1-16-11-24(34-2)22(21-7-9-30-25(16)21)15-31-10-8-19(35-20-13-27(28,29)14-20)12-23(31)17-3-5-18(6-4-17)26(32)33/h3-7,9,11,19-20,23,30H,8,10,12-15H2,1-2H3,(H,32,33). The number of halogens is 2. The minimum Gasteiger partial charge on any atom is -0.496 e. The first-order valence-electron chi connectivity index (χ1n) is 12.0. The molecule has 1 aliphatic heterocycles. The van der Waals surface area contributed by atoms with Crippen LogP contribution in [0.2, 0.25) is 0 Å². The number of carboxylic acid groups (broad SMARTS) is 1. The van der Waals surface area contributed by atoms with Gasteiger partial charge in [-0.25, -0.2) is 13.6 Å². The van der Waals surface area contributed by atoms with E-state index in [1.54, 1.807) is 19.2 Å². The summed E-state index contributed by atoms with van der Waals surface area (Å²) in [6, 6.07) is 11.0. The first kappa shape index (κ1) is 23.8. The molecule has 0 bridgehead atoms. The monoisotopic (exact) mass is 484 g/mol. The number of alkyl halides is 2. The van der Waals surface area contributed by atoms with Crippen molar-refractivity contribution in [2.75, 3.05) is 13.7 Å². The van der Waals surface area contributed by atoms with Gasteiger partial charge in [0.15, 0.2) is 0 Å². The number of nitrogens with zero attached hydrogens (tertiary/aromatic N) is 1. The van der Waals surface area contributed by atoms with Crippen LogP contribution in [0.1, 0.15) is 58.8 Å². The van der Waals surface area contributed by atoms with Crippen LogP contribution >= 0.6 is 0 Å². The van der Waals surface area contributed by atoms with E-state index in [-0.39, 0.29) is 30.6 Å². The largest absolute Gasteiger partial charge is 0.496 e. The lowest BCUT2D eigenvalue weighted by Crippen LogP contribution is -2.46. The molecule has 2 heterocycles. The molecule has 0 amide bonds. The van der Waals surface area contributed by atoms with Gasteiger partial charge in [0.2, 0.25) is 0 Å². The number of methoxy groups -OCH3 is 1. The van der Waals surface area contributed by atoms with E-state index in [1.807, 2.05) is 31.3 Å². The van der Waals surface area contributed by atoms with Crippen LogP contribution in [0.25, 0.3) is 10.9 Å². The molecule has 2 atom stereocenters. The number of H-pyrrole nitrogens is 1. The third-order valence-corrected chi connectivity index (χ3v) is 7.34. The number of carbonyl (C=O) groups is 1. The molecule has 5 rings (SSSR count). The molecule has 8 heteroatoms. The highest BCUT2D eigenvalue weighted by molar-refractivity contribution is 5.88. The Morgan fingerprint density at radius 2 is 1.94 bits per heavy atom. The van der Waals surface area contributed by atoms with E-state index in [1.165, 1.54) is 0 Å². The number of aromatic amines is 1. The van der Waals surface area contributed by atoms with Crippen molar-refractivity contribution < 1.29 is 28.2 Å². The quantitative estimate of drug-likeness (QED) is 0.450. The number of benzene rings is 2. The average Bonchev–Trinajstić information content (AvgIpc) is 3.31. The SMILES string of the molecule is COc1cc(C)c2[nH]ccc2c1CN1CCC(OC2CC(F)(F)C2)CC1c1ccc(C(=O)O)cc1. The summed E-state index contributed by atoms with van der Waals surface area (Å²) in [6.45, 7) is 3.41. The molecule has 3 aromatic rings.